The second-order valence-electron chi connectivity index (χ2n) is 6.65. The Hall–Kier alpha value is -1.72. The summed E-state index contributed by atoms with van der Waals surface area (Å²) in [5, 5.41) is 19.1. The van der Waals surface area contributed by atoms with Crippen molar-refractivity contribution in [3.63, 3.8) is 0 Å². The fourth-order valence-corrected chi connectivity index (χ4v) is 3.01. The SMILES string of the molecule is CC(C)=CC[C@@]1(CO)CCCN(C(=O)c2cccc(CO)n2)C1. The number of amides is 1. The summed E-state index contributed by atoms with van der Waals surface area (Å²) >= 11 is 0. The Morgan fingerprint density at radius 2 is 2.17 bits per heavy atom. The summed E-state index contributed by atoms with van der Waals surface area (Å²) < 4.78 is 0. The van der Waals surface area contributed by atoms with E-state index in [0.717, 1.165) is 19.3 Å². The van der Waals surface area contributed by atoms with E-state index in [2.05, 4.69) is 11.1 Å². The van der Waals surface area contributed by atoms with Crippen LogP contribution in [-0.2, 0) is 6.61 Å². The molecule has 2 heterocycles. The highest BCUT2D eigenvalue weighted by Gasteiger charge is 2.36. The molecule has 0 bridgehead atoms. The van der Waals surface area contributed by atoms with E-state index in [-0.39, 0.29) is 24.5 Å². The van der Waals surface area contributed by atoms with Gasteiger partial charge in [-0.05, 0) is 45.2 Å². The zero-order chi connectivity index (χ0) is 16.9. The molecule has 0 radical (unpaired) electrons. The lowest BCUT2D eigenvalue weighted by atomic mass is 9.77. The number of likely N-dealkylation sites (tertiary alicyclic amines) is 1. The van der Waals surface area contributed by atoms with Crippen LogP contribution in [0.5, 0.6) is 0 Å². The summed E-state index contributed by atoms with van der Waals surface area (Å²) in [5.74, 6) is -0.130. The van der Waals surface area contributed by atoms with Gasteiger partial charge in [0.25, 0.3) is 5.91 Å². The average Bonchev–Trinajstić information content (AvgIpc) is 2.59. The number of rotatable bonds is 5. The highest BCUT2D eigenvalue weighted by Crippen LogP contribution is 2.34. The zero-order valence-electron chi connectivity index (χ0n) is 14.0. The summed E-state index contributed by atoms with van der Waals surface area (Å²) in [7, 11) is 0. The molecular formula is C18H26N2O3. The van der Waals surface area contributed by atoms with E-state index in [1.165, 1.54) is 5.57 Å². The number of aromatic nitrogens is 1. The first-order valence-electron chi connectivity index (χ1n) is 8.10. The minimum absolute atomic E-state index is 0.0741. The van der Waals surface area contributed by atoms with Crippen LogP contribution >= 0.6 is 0 Å². The molecule has 1 fully saturated rings. The highest BCUT2D eigenvalue weighted by molar-refractivity contribution is 5.92. The van der Waals surface area contributed by atoms with Gasteiger partial charge in [0.1, 0.15) is 5.69 Å². The van der Waals surface area contributed by atoms with Crippen LogP contribution < -0.4 is 0 Å². The molecule has 1 aliphatic heterocycles. The molecule has 1 aromatic rings. The van der Waals surface area contributed by atoms with Crippen molar-refractivity contribution in [1.29, 1.82) is 0 Å². The molecule has 1 saturated heterocycles. The molecule has 0 saturated carbocycles. The average molecular weight is 318 g/mol. The van der Waals surface area contributed by atoms with Gasteiger partial charge in [-0.1, -0.05) is 17.7 Å². The third kappa shape index (κ3) is 4.39. The lowest BCUT2D eigenvalue weighted by Crippen LogP contribution is -2.48. The molecule has 126 valence electrons. The summed E-state index contributed by atoms with van der Waals surface area (Å²) in [5.41, 5.74) is 1.80. The number of pyridine rings is 1. The van der Waals surface area contributed by atoms with Crippen LogP contribution in [0.15, 0.2) is 29.8 Å². The molecule has 5 heteroatoms. The highest BCUT2D eigenvalue weighted by atomic mass is 16.3. The number of allylic oxidation sites excluding steroid dienone is 2. The van der Waals surface area contributed by atoms with Gasteiger partial charge < -0.3 is 15.1 Å². The maximum atomic E-state index is 12.7. The quantitative estimate of drug-likeness (QED) is 0.816. The third-order valence-corrected chi connectivity index (χ3v) is 4.42. The molecule has 2 N–H and O–H groups in total. The fourth-order valence-electron chi connectivity index (χ4n) is 3.01. The van der Waals surface area contributed by atoms with Gasteiger partial charge in [-0.15, -0.1) is 0 Å². The summed E-state index contributed by atoms with van der Waals surface area (Å²) in [6.45, 7) is 5.20. The van der Waals surface area contributed by atoms with Gasteiger partial charge in [0, 0.05) is 18.5 Å². The first-order chi connectivity index (χ1) is 11.0. The summed E-state index contributed by atoms with van der Waals surface area (Å²) in [6.07, 6.45) is 4.71. The number of aliphatic hydroxyl groups excluding tert-OH is 2. The van der Waals surface area contributed by atoms with Gasteiger partial charge in [-0.25, -0.2) is 4.98 Å². The van der Waals surface area contributed by atoms with Gasteiger partial charge in [0.05, 0.1) is 18.9 Å². The number of piperidine rings is 1. The van der Waals surface area contributed by atoms with Crippen LogP contribution in [-0.4, -0.2) is 45.7 Å². The van der Waals surface area contributed by atoms with Crippen LogP contribution in [0.25, 0.3) is 0 Å². The van der Waals surface area contributed by atoms with Crippen molar-refractivity contribution in [3.05, 3.63) is 41.2 Å². The third-order valence-electron chi connectivity index (χ3n) is 4.42. The van der Waals surface area contributed by atoms with Gasteiger partial charge in [-0.3, -0.25) is 4.79 Å². The van der Waals surface area contributed by atoms with E-state index in [9.17, 15) is 15.0 Å². The van der Waals surface area contributed by atoms with E-state index in [4.69, 9.17) is 0 Å². The van der Waals surface area contributed by atoms with Gasteiger partial charge in [0.15, 0.2) is 0 Å². The van der Waals surface area contributed by atoms with E-state index < -0.39 is 0 Å². The molecule has 2 rings (SSSR count). The Morgan fingerprint density at radius 1 is 1.39 bits per heavy atom. The summed E-state index contributed by atoms with van der Waals surface area (Å²) in [4.78, 5) is 18.7. The minimum Gasteiger partial charge on any atom is -0.396 e. The first kappa shape index (κ1) is 17.6. The Balaban J connectivity index is 2.15. The van der Waals surface area contributed by atoms with Gasteiger partial charge in [0.2, 0.25) is 0 Å². The zero-order valence-corrected chi connectivity index (χ0v) is 14.0. The molecule has 5 nitrogen and oxygen atoms in total. The normalized spacial score (nSPS) is 21.1. The number of nitrogens with zero attached hydrogens (tertiary/aromatic N) is 2. The topological polar surface area (TPSA) is 73.7 Å². The van der Waals surface area contributed by atoms with Crippen molar-refractivity contribution >= 4 is 5.91 Å². The predicted octanol–water partition coefficient (Wildman–Crippen LogP) is 2.14. The molecule has 0 spiro atoms. The van der Waals surface area contributed by atoms with Gasteiger partial charge >= 0.3 is 0 Å². The Morgan fingerprint density at radius 3 is 2.83 bits per heavy atom. The van der Waals surface area contributed by atoms with Crippen molar-refractivity contribution in [2.45, 2.75) is 39.7 Å². The molecule has 0 unspecified atom stereocenters. The monoisotopic (exact) mass is 318 g/mol. The molecule has 1 aromatic heterocycles. The van der Waals surface area contributed by atoms with Crippen molar-refractivity contribution in [1.82, 2.24) is 9.88 Å². The number of aliphatic hydroxyl groups is 2. The number of carbonyl (C=O) groups excluding carboxylic acids is 1. The van der Waals surface area contributed by atoms with Crippen LogP contribution in [0.2, 0.25) is 0 Å². The van der Waals surface area contributed by atoms with Crippen molar-refractivity contribution in [2.24, 2.45) is 5.41 Å². The lowest BCUT2D eigenvalue weighted by molar-refractivity contribution is 0.0280. The van der Waals surface area contributed by atoms with E-state index in [1.807, 2.05) is 13.8 Å². The lowest BCUT2D eigenvalue weighted by Gasteiger charge is -2.41. The van der Waals surface area contributed by atoms with Gasteiger partial charge in [-0.2, -0.15) is 0 Å². The van der Waals surface area contributed by atoms with Crippen molar-refractivity contribution in [3.8, 4) is 0 Å². The smallest absolute Gasteiger partial charge is 0.272 e. The Bertz CT molecular complexity index is 581. The number of hydrogen-bond acceptors (Lipinski definition) is 4. The minimum atomic E-state index is -0.264. The Kier molecular flexibility index (Phi) is 5.91. The predicted molar refractivity (Wildman–Crippen MR) is 88.9 cm³/mol. The second-order valence-corrected chi connectivity index (χ2v) is 6.65. The molecule has 23 heavy (non-hydrogen) atoms. The van der Waals surface area contributed by atoms with Crippen molar-refractivity contribution in [2.75, 3.05) is 19.7 Å². The molecule has 0 aromatic carbocycles. The first-order valence-corrected chi connectivity index (χ1v) is 8.10. The molecule has 1 aliphatic rings. The maximum absolute atomic E-state index is 12.7. The number of carbonyl (C=O) groups is 1. The van der Waals surface area contributed by atoms with Crippen LogP contribution in [0, 0.1) is 5.41 Å². The molecule has 1 amide bonds. The van der Waals surface area contributed by atoms with E-state index >= 15 is 0 Å². The van der Waals surface area contributed by atoms with Crippen molar-refractivity contribution < 1.29 is 15.0 Å². The summed E-state index contributed by atoms with van der Waals surface area (Å²) in [6, 6.07) is 5.10. The largest absolute Gasteiger partial charge is 0.396 e. The number of hydrogen-bond donors (Lipinski definition) is 2. The van der Waals surface area contributed by atoms with Crippen LogP contribution in [0.4, 0.5) is 0 Å². The van der Waals surface area contributed by atoms with E-state index in [0.29, 0.717) is 24.5 Å². The standard InChI is InChI=1S/C18H26N2O3/c1-14(2)7-9-18(13-22)8-4-10-20(12-18)17(23)16-6-3-5-15(11-21)19-16/h3,5-7,21-22H,4,8-13H2,1-2H3/t18-/m0/s1. The molecule has 0 aliphatic carbocycles. The van der Waals surface area contributed by atoms with Crippen LogP contribution in [0.1, 0.15) is 49.3 Å². The maximum Gasteiger partial charge on any atom is 0.272 e. The Labute approximate surface area is 137 Å². The van der Waals surface area contributed by atoms with E-state index in [1.54, 1.807) is 23.1 Å². The van der Waals surface area contributed by atoms with Crippen LogP contribution in [0.3, 0.4) is 0 Å². The second kappa shape index (κ2) is 7.70. The molecular weight excluding hydrogens is 292 g/mol. The molecule has 1 atom stereocenters. The fraction of sp³-hybridized carbons (Fsp3) is 0.556.